The molecule has 2 rings (SSSR count). The van der Waals surface area contributed by atoms with Crippen LogP contribution in [0.2, 0.25) is 0 Å². The summed E-state index contributed by atoms with van der Waals surface area (Å²) >= 11 is 0. The lowest BCUT2D eigenvalue weighted by molar-refractivity contribution is -0.147. The number of rotatable bonds is 6. The molecule has 3 N–H and O–H groups in total. The SMILES string of the molecule is CCOC(=O)C(C(=O)Nc1ccc(S(N)(=O)=O)cc1)c1ccccc1. The molecule has 0 bridgehead atoms. The van der Waals surface area contributed by atoms with Crippen molar-refractivity contribution in [2.75, 3.05) is 11.9 Å². The fourth-order valence-electron chi connectivity index (χ4n) is 2.21. The van der Waals surface area contributed by atoms with Gasteiger partial charge in [-0.2, -0.15) is 0 Å². The molecule has 1 atom stereocenters. The number of nitrogens with one attached hydrogen (secondary N) is 1. The van der Waals surface area contributed by atoms with Crippen LogP contribution in [0.1, 0.15) is 18.4 Å². The highest BCUT2D eigenvalue weighted by Crippen LogP contribution is 2.21. The molecule has 1 unspecified atom stereocenters. The Morgan fingerprint density at radius 2 is 1.68 bits per heavy atom. The maximum Gasteiger partial charge on any atom is 0.323 e. The predicted molar refractivity (Wildman–Crippen MR) is 92.3 cm³/mol. The Morgan fingerprint density at radius 1 is 1.08 bits per heavy atom. The van der Waals surface area contributed by atoms with E-state index in [1.54, 1.807) is 37.3 Å². The van der Waals surface area contributed by atoms with Crippen LogP contribution in [0.25, 0.3) is 0 Å². The van der Waals surface area contributed by atoms with Gasteiger partial charge in [-0.25, -0.2) is 13.6 Å². The summed E-state index contributed by atoms with van der Waals surface area (Å²) in [6, 6.07) is 13.9. The largest absolute Gasteiger partial charge is 0.465 e. The minimum atomic E-state index is -3.81. The molecule has 8 heteroatoms. The Morgan fingerprint density at radius 3 is 2.20 bits per heavy atom. The van der Waals surface area contributed by atoms with E-state index in [9.17, 15) is 18.0 Å². The lowest BCUT2D eigenvalue weighted by Crippen LogP contribution is -2.29. The molecule has 0 aliphatic carbocycles. The zero-order valence-electron chi connectivity index (χ0n) is 13.5. The van der Waals surface area contributed by atoms with E-state index in [1.807, 2.05) is 0 Å². The first-order chi connectivity index (χ1) is 11.8. The molecule has 0 fully saturated rings. The summed E-state index contributed by atoms with van der Waals surface area (Å²) in [5.74, 6) is -2.36. The monoisotopic (exact) mass is 362 g/mol. The number of nitrogens with two attached hydrogens (primary N) is 1. The van der Waals surface area contributed by atoms with Crippen LogP contribution < -0.4 is 10.5 Å². The van der Waals surface area contributed by atoms with Crippen molar-refractivity contribution >= 4 is 27.6 Å². The Hall–Kier alpha value is -2.71. The maximum absolute atomic E-state index is 12.6. The van der Waals surface area contributed by atoms with Crippen LogP contribution in [0.15, 0.2) is 59.5 Å². The van der Waals surface area contributed by atoms with Gasteiger partial charge in [0.2, 0.25) is 15.9 Å². The zero-order valence-corrected chi connectivity index (χ0v) is 14.3. The molecule has 0 aliphatic heterocycles. The molecule has 0 saturated carbocycles. The third-order valence-electron chi connectivity index (χ3n) is 3.37. The average molecular weight is 362 g/mol. The number of ether oxygens (including phenoxy) is 1. The standard InChI is InChI=1S/C17H18N2O5S/c1-2-24-17(21)15(12-6-4-3-5-7-12)16(20)19-13-8-10-14(11-9-13)25(18,22)23/h3-11,15H,2H2,1H3,(H,19,20)(H2,18,22,23). The number of esters is 1. The Balaban J connectivity index is 2.24. The highest BCUT2D eigenvalue weighted by Gasteiger charge is 2.29. The summed E-state index contributed by atoms with van der Waals surface area (Å²) in [5, 5.41) is 7.61. The molecule has 0 spiro atoms. The van der Waals surface area contributed by atoms with Crippen molar-refractivity contribution in [1.82, 2.24) is 0 Å². The minimum Gasteiger partial charge on any atom is -0.465 e. The lowest BCUT2D eigenvalue weighted by atomic mass is 9.98. The fraction of sp³-hybridized carbons (Fsp3) is 0.176. The second-order valence-electron chi connectivity index (χ2n) is 5.15. The van der Waals surface area contributed by atoms with Gasteiger partial charge in [-0.15, -0.1) is 0 Å². The van der Waals surface area contributed by atoms with E-state index in [2.05, 4.69) is 5.32 Å². The van der Waals surface area contributed by atoms with E-state index in [4.69, 9.17) is 9.88 Å². The van der Waals surface area contributed by atoms with Crippen molar-refractivity contribution in [3.05, 3.63) is 60.2 Å². The van der Waals surface area contributed by atoms with Crippen LogP contribution in [-0.4, -0.2) is 26.9 Å². The lowest BCUT2D eigenvalue weighted by Gasteiger charge is -2.16. The Labute approximate surface area is 145 Å². The number of sulfonamides is 1. The molecule has 0 radical (unpaired) electrons. The van der Waals surface area contributed by atoms with E-state index < -0.39 is 27.8 Å². The molecular formula is C17H18N2O5S. The molecule has 0 saturated heterocycles. The second-order valence-corrected chi connectivity index (χ2v) is 6.72. The van der Waals surface area contributed by atoms with Crippen LogP contribution in [0.5, 0.6) is 0 Å². The summed E-state index contributed by atoms with van der Waals surface area (Å²) in [6.07, 6.45) is 0. The Bertz CT molecular complexity index is 848. The first-order valence-corrected chi connectivity index (χ1v) is 9.03. The summed E-state index contributed by atoms with van der Waals surface area (Å²) in [4.78, 5) is 24.7. The van der Waals surface area contributed by atoms with Crippen molar-refractivity contribution in [3.63, 3.8) is 0 Å². The first-order valence-electron chi connectivity index (χ1n) is 7.48. The number of hydrogen-bond donors (Lipinski definition) is 2. The summed E-state index contributed by atoms with van der Waals surface area (Å²) < 4.78 is 27.5. The van der Waals surface area contributed by atoms with Gasteiger partial charge in [-0.05, 0) is 36.8 Å². The molecule has 0 aromatic heterocycles. The number of hydrogen-bond acceptors (Lipinski definition) is 5. The molecule has 7 nitrogen and oxygen atoms in total. The zero-order chi connectivity index (χ0) is 18.4. The van der Waals surface area contributed by atoms with Gasteiger partial charge in [0.25, 0.3) is 0 Å². The van der Waals surface area contributed by atoms with Crippen molar-refractivity contribution in [2.45, 2.75) is 17.7 Å². The van der Waals surface area contributed by atoms with Gasteiger partial charge in [0.15, 0.2) is 5.92 Å². The number of carbonyl (C=O) groups is 2. The second kappa shape index (κ2) is 7.91. The number of amides is 1. The number of benzene rings is 2. The summed E-state index contributed by atoms with van der Waals surface area (Å²) in [6.45, 7) is 1.81. The highest BCUT2D eigenvalue weighted by molar-refractivity contribution is 7.89. The van der Waals surface area contributed by atoms with Crippen LogP contribution in [0.3, 0.4) is 0 Å². The third-order valence-corrected chi connectivity index (χ3v) is 4.30. The van der Waals surface area contributed by atoms with Gasteiger partial charge in [0.05, 0.1) is 11.5 Å². The van der Waals surface area contributed by atoms with Gasteiger partial charge < -0.3 is 10.1 Å². The van der Waals surface area contributed by atoms with Gasteiger partial charge in [-0.1, -0.05) is 30.3 Å². The average Bonchev–Trinajstić information content (AvgIpc) is 2.56. The van der Waals surface area contributed by atoms with E-state index >= 15 is 0 Å². The smallest absolute Gasteiger partial charge is 0.323 e. The quantitative estimate of drug-likeness (QED) is 0.598. The minimum absolute atomic E-state index is 0.0736. The molecule has 2 aromatic rings. The van der Waals surface area contributed by atoms with E-state index in [1.165, 1.54) is 24.3 Å². The van der Waals surface area contributed by atoms with Crippen molar-refractivity contribution in [1.29, 1.82) is 0 Å². The molecule has 132 valence electrons. The van der Waals surface area contributed by atoms with Gasteiger partial charge >= 0.3 is 5.97 Å². The molecule has 1 amide bonds. The third kappa shape index (κ3) is 4.88. The first kappa shape index (κ1) is 18.6. The van der Waals surface area contributed by atoms with Crippen molar-refractivity contribution in [2.24, 2.45) is 5.14 Å². The molecular weight excluding hydrogens is 344 g/mol. The molecule has 0 aliphatic rings. The van der Waals surface area contributed by atoms with E-state index in [0.717, 1.165) is 0 Å². The summed E-state index contributed by atoms with van der Waals surface area (Å²) in [7, 11) is -3.81. The fourth-order valence-corrected chi connectivity index (χ4v) is 2.72. The normalized spacial score (nSPS) is 12.2. The Kier molecular flexibility index (Phi) is 5.89. The van der Waals surface area contributed by atoms with E-state index in [-0.39, 0.29) is 11.5 Å². The van der Waals surface area contributed by atoms with Gasteiger partial charge in [0, 0.05) is 5.69 Å². The van der Waals surface area contributed by atoms with Crippen LogP contribution in [0.4, 0.5) is 5.69 Å². The molecule has 2 aromatic carbocycles. The molecule has 25 heavy (non-hydrogen) atoms. The van der Waals surface area contributed by atoms with Crippen LogP contribution in [0, 0.1) is 0 Å². The topological polar surface area (TPSA) is 116 Å². The number of carbonyl (C=O) groups excluding carboxylic acids is 2. The van der Waals surface area contributed by atoms with Gasteiger partial charge in [0.1, 0.15) is 0 Å². The van der Waals surface area contributed by atoms with Gasteiger partial charge in [-0.3, -0.25) is 9.59 Å². The van der Waals surface area contributed by atoms with Crippen molar-refractivity contribution in [3.8, 4) is 0 Å². The maximum atomic E-state index is 12.6. The molecule has 0 heterocycles. The predicted octanol–water partition coefficient (Wildman–Crippen LogP) is 1.62. The number of primary sulfonamides is 1. The van der Waals surface area contributed by atoms with E-state index in [0.29, 0.717) is 11.3 Å². The summed E-state index contributed by atoms with van der Waals surface area (Å²) in [5.41, 5.74) is 0.835. The van der Waals surface area contributed by atoms with Crippen molar-refractivity contribution < 1.29 is 22.7 Å². The van der Waals surface area contributed by atoms with Crippen LogP contribution >= 0.6 is 0 Å². The highest BCUT2D eigenvalue weighted by atomic mass is 32.2. The number of anilines is 1. The van der Waals surface area contributed by atoms with Crippen LogP contribution in [-0.2, 0) is 24.3 Å².